The molecule has 0 bridgehead atoms. The number of amides is 1. The molecule has 0 atom stereocenters. The summed E-state index contributed by atoms with van der Waals surface area (Å²) in [5, 5.41) is 7.39. The average molecular weight is 313 g/mol. The van der Waals surface area contributed by atoms with Crippen molar-refractivity contribution < 1.29 is 4.79 Å². The number of aromatic nitrogens is 2. The maximum Gasteiger partial charge on any atom is 0.251 e. The first-order valence-corrected chi connectivity index (χ1v) is 6.74. The third-order valence-electron chi connectivity index (χ3n) is 2.91. The van der Waals surface area contributed by atoms with Crippen LogP contribution in [-0.2, 0) is 13.5 Å². The van der Waals surface area contributed by atoms with E-state index in [-0.39, 0.29) is 21.6 Å². The molecule has 1 heterocycles. The standard InChI is InChI=1S/C13H14Cl2N4O/c1-19-9(3-5-18-19)2-4-17-13(20)8-6-10(14)12(15)11(16)7-8/h3,5-7H,2,4,16H2,1H3,(H,17,20). The topological polar surface area (TPSA) is 72.9 Å². The van der Waals surface area contributed by atoms with Gasteiger partial charge < -0.3 is 11.1 Å². The van der Waals surface area contributed by atoms with E-state index >= 15 is 0 Å². The van der Waals surface area contributed by atoms with E-state index in [1.807, 2.05) is 13.1 Å². The molecule has 0 aliphatic heterocycles. The van der Waals surface area contributed by atoms with Gasteiger partial charge in [0.25, 0.3) is 5.91 Å². The zero-order chi connectivity index (χ0) is 14.7. The van der Waals surface area contributed by atoms with Crippen molar-refractivity contribution in [3.8, 4) is 0 Å². The quantitative estimate of drug-likeness (QED) is 0.851. The first-order valence-electron chi connectivity index (χ1n) is 5.98. The van der Waals surface area contributed by atoms with E-state index in [1.54, 1.807) is 10.9 Å². The molecule has 3 N–H and O–H groups in total. The number of halogens is 2. The molecule has 2 aromatic rings. The number of nitrogens with zero attached hydrogens (tertiary/aromatic N) is 2. The second kappa shape index (κ2) is 6.15. The van der Waals surface area contributed by atoms with Crippen LogP contribution in [0.1, 0.15) is 16.1 Å². The zero-order valence-electron chi connectivity index (χ0n) is 10.9. The maximum absolute atomic E-state index is 12.0. The molecule has 0 aliphatic carbocycles. The van der Waals surface area contributed by atoms with Crippen LogP contribution in [0.2, 0.25) is 10.0 Å². The third-order valence-corrected chi connectivity index (χ3v) is 3.72. The minimum Gasteiger partial charge on any atom is -0.397 e. The van der Waals surface area contributed by atoms with Gasteiger partial charge in [0.1, 0.15) is 0 Å². The Hall–Kier alpha value is -1.72. The highest BCUT2D eigenvalue weighted by molar-refractivity contribution is 6.43. The minimum atomic E-state index is -0.238. The first-order chi connectivity index (χ1) is 9.49. The third kappa shape index (κ3) is 3.23. The van der Waals surface area contributed by atoms with Crippen molar-refractivity contribution in [3.63, 3.8) is 0 Å². The summed E-state index contributed by atoms with van der Waals surface area (Å²) < 4.78 is 1.77. The molecule has 1 aromatic heterocycles. The predicted molar refractivity (Wildman–Crippen MR) is 80.1 cm³/mol. The van der Waals surface area contributed by atoms with Crippen LogP contribution in [0.25, 0.3) is 0 Å². The summed E-state index contributed by atoms with van der Waals surface area (Å²) in [6.07, 6.45) is 2.41. The van der Waals surface area contributed by atoms with Crippen molar-refractivity contribution in [1.29, 1.82) is 0 Å². The van der Waals surface area contributed by atoms with E-state index in [0.29, 0.717) is 18.5 Å². The number of nitrogens with one attached hydrogen (secondary N) is 1. The number of benzene rings is 1. The van der Waals surface area contributed by atoms with Gasteiger partial charge in [-0.05, 0) is 18.2 Å². The first kappa shape index (κ1) is 14.7. The Labute approximate surface area is 126 Å². The number of hydrogen-bond donors (Lipinski definition) is 2. The van der Waals surface area contributed by atoms with E-state index in [1.165, 1.54) is 12.1 Å². The minimum absolute atomic E-state index is 0.238. The fraction of sp³-hybridized carbons (Fsp3) is 0.231. The van der Waals surface area contributed by atoms with Crippen LogP contribution in [0, 0.1) is 0 Å². The predicted octanol–water partition coefficient (Wildman–Crippen LogP) is 2.28. The highest BCUT2D eigenvalue weighted by Gasteiger charge is 2.11. The normalized spacial score (nSPS) is 10.6. The second-order valence-corrected chi connectivity index (χ2v) is 5.10. The van der Waals surface area contributed by atoms with Crippen molar-refractivity contribution in [2.24, 2.45) is 7.05 Å². The summed E-state index contributed by atoms with van der Waals surface area (Å²) in [5.74, 6) is -0.238. The monoisotopic (exact) mass is 312 g/mol. The van der Waals surface area contributed by atoms with Gasteiger partial charge in [0.15, 0.2) is 0 Å². The zero-order valence-corrected chi connectivity index (χ0v) is 12.4. The van der Waals surface area contributed by atoms with Gasteiger partial charge in [-0.1, -0.05) is 23.2 Å². The van der Waals surface area contributed by atoms with Gasteiger partial charge in [-0.2, -0.15) is 5.10 Å². The molecule has 0 spiro atoms. The van der Waals surface area contributed by atoms with Gasteiger partial charge in [-0.25, -0.2) is 0 Å². The van der Waals surface area contributed by atoms with Gasteiger partial charge in [0.2, 0.25) is 0 Å². The highest BCUT2D eigenvalue weighted by atomic mass is 35.5. The lowest BCUT2D eigenvalue weighted by Crippen LogP contribution is -2.26. The van der Waals surface area contributed by atoms with Crippen molar-refractivity contribution in [2.45, 2.75) is 6.42 Å². The van der Waals surface area contributed by atoms with E-state index in [4.69, 9.17) is 28.9 Å². The molecule has 0 saturated carbocycles. The van der Waals surface area contributed by atoms with Crippen LogP contribution in [0.15, 0.2) is 24.4 Å². The van der Waals surface area contributed by atoms with Crippen LogP contribution < -0.4 is 11.1 Å². The molecule has 0 unspecified atom stereocenters. The Morgan fingerprint density at radius 1 is 1.45 bits per heavy atom. The summed E-state index contributed by atoms with van der Waals surface area (Å²) in [6.45, 7) is 0.499. The largest absolute Gasteiger partial charge is 0.397 e. The van der Waals surface area contributed by atoms with Crippen LogP contribution in [0.3, 0.4) is 0 Å². The number of hydrogen-bond acceptors (Lipinski definition) is 3. The summed E-state index contributed by atoms with van der Waals surface area (Å²) in [7, 11) is 1.86. The molecule has 0 aliphatic rings. The number of rotatable bonds is 4. The molecule has 0 fully saturated rings. The van der Waals surface area contributed by atoms with Gasteiger partial charge in [0, 0.05) is 37.5 Å². The number of nitrogens with two attached hydrogens (primary N) is 1. The summed E-state index contributed by atoms with van der Waals surface area (Å²) in [6, 6.07) is 4.91. The van der Waals surface area contributed by atoms with E-state index < -0.39 is 0 Å². The maximum atomic E-state index is 12.0. The molecule has 0 saturated heterocycles. The van der Waals surface area contributed by atoms with Crippen molar-refractivity contribution in [2.75, 3.05) is 12.3 Å². The smallest absolute Gasteiger partial charge is 0.251 e. The molecule has 106 valence electrons. The van der Waals surface area contributed by atoms with E-state index in [9.17, 15) is 4.79 Å². The Bertz CT molecular complexity index is 616. The molecule has 1 amide bonds. The number of nitrogen functional groups attached to an aromatic ring is 1. The van der Waals surface area contributed by atoms with Crippen LogP contribution in [-0.4, -0.2) is 22.2 Å². The Kier molecular flexibility index (Phi) is 4.52. The van der Waals surface area contributed by atoms with Gasteiger partial charge in [0.05, 0.1) is 15.7 Å². The fourth-order valence-electron chi connectivity index (χ4n) is 1.79. The van der Waals surface area contributed by atoms with Gasteiger partial charge >= 0.3 is 0 Å². The van der Waals surface area contributed by atoms with Gasteiger partial charge in [-0.3, -0.25) is 9.48 Å². The fourth-order valence-corrected chi connectivity index (χ4v) is 2.13. The van der Waals surface area contributed by atoms with Crippen molar-refractivity contribution in [3.05, 3.63) is 45.7 Å². The molecule has 20 heavy (non-hydrogen) atoms. The number of aryl methyl sites for hydroxylation is 1. The molecule has 7 heteroatoms. The van der Waals surface area contributed by atoms with Crippen molar-refractivity contribution in [1.82, 2.24) is 15.1 Å². The lowest BCUT2D eigenvalue weighted by Gasteiger charge is -2.08. The molecular weight excluding hydrogens is 299 g/mol. The van der Waals surface area contributed by atoms with Crippen LogP contribution >= 0.6 is 23.2 Å². The SMILES string of the molecule is Cn1nccc1CCNC(=O)c1cc(N)c(Cl)c(Cl)c1. The molecule has 1 aromatic carbocycles. The van der Waals surface area contributed by atoms with Crippen molar-refractivity contribution >= 4 is 34.8 Å². The average Bonchev–Trinajstić information content (AvgIpc) is 2.81. The van der Waals surface area contributed by atoms with Crippen LogP contribution in [0.5, 0.6) is 0 Å². The van der Waals surface area contributed by atoms with E-state index in [2.05, 4.69) is 10.4 Å². The summed E-state index contributed by atoms with van der Waals surface area (Å²) in [5.41, 5.74) is 7.40. The molecule has 5 nitrogen and oxygen atoms in total. The molecular formula is C13H14Cl2N4O. The Morgan fingerprint density at radius 2 is 2.20 bits per heavy atom. The van der Waals surface area contributed by atoms with E-state index in [0.717, 1.165) is 5.69 Å². The lowest BCUT2D eigenvalue weighted by atomic mass is 10.2. The van der Waals surface area contributed by atoms with Crippen LogP contribution in [0.4, 0.5) is 5.69 Å². The Balaban J connectivity index is 1.97. The Morgan fingerprint density at radius 3 is 2.80 bits per heavy atom. The second-order valence-electron chi connectivity index (χ2n) is 4.31. The number of anilines is 1. The highest BCUT2D eigenvalue weighted by Crippen LogP contribution is 2.29. The lowest BCUT2D eigenvalue weighted by molar-refractivity contribution is 0.0954. The number of carbonyl (C=O) groups excluding carboxylic acids is 1. The molecule has 0 radical (unpaired) electrons. The summed E-state index contributed by atoms with van der Waals surface area (Å²) >= 11 is 11.7. The van der Waals surface area contributed by atoms with Gasteiger partial charge in [-0.15, -0.1) is 0 Å². The molecule has 2 rings (SSSR count). The summed E-state index contributed by atoms with van der Waals surface area (Å²) in [4.78, 5) is 12.0. The number of carbonyl (C=O) groups is 1.